The Balaban J connectivity index is 2.37. The molecule has 0 aromatic heterocycles. The molecule has 1 aromatic carbocycles. The summed E-state index contributed by atoms with van der Waals surface area (Å²) in [6.07, 6.45) is -0.535. The predicted octanol–water partition coefficient (Wildman–Crippen LogP) is -2.87. The van der Waals surface area contributed by atoms with E-state index in [1.165, 1.54) is 19.1 Å². The average Bonchev–Trinajstić information content (AvgIpc) is 3.14. The van der Waals surface area contributed by atoms with E-state index < -0.39 is 102 Å². The second kappa shape index (κ2) is 24.3. The highest BCUT2D eigenvalue weighted by molar-refractivity contribution is 5.98. The first-order valence-electron chi connectivity index (χ1n) is 19.1. The Morgan fingerprint density at radius 2 is 1.54 bits per heavy atom. The molecule has 0 saturated carbocycles. The van der Waals surface area contributed by atoms with Crippen LogP contribution in [-0.4, -0.2) is 125 Å². The summed E-state index contributed by atoms with van der Waals surface area (Å²) < 4.78 is 0. The second-order valence-corrected chi connectivity index (χ2v) is 14.4. The number of unbranched alkanes of at least 4 members (excludes halogenated alkanes) is 1. The van der Waals surface area contributed by atoms with E-state index in [-0.39, 0.29) is 50.9 Å². The number of aromatic hydroxyl groups is 1. The van der Waals surface area contributed by atoms with Crippen molar-refractivity contribution in [2.24, 2.45) is 17.4 Å². The van der Waals surface area contributed by atoms with Crippen LogP contribution in [0.3, 0.4) is 0 Å². The minimum atomic E-state index is -1.72. The number of hydrogen-bond donors (Lipinski definition) is 12. The van der Waals surface area contributed by atoms with E-state index in [2.05, 4.69) is 37.2 Å². The molecule has 1 fully saturated rings. The van der Waals surface area contributed by atoms with Crippen molar-refractivity contribution in [3.8, 4) is 5.75 Å². The van der Waals surface area contributed by atoms with Crippen LogP contribution in [0.5, 0.6) is 5.75 Å². The maximum absolute atomic E-state index is 13.8. The molecule has 20 heteroatoms. The smallest absolute Gasteiger partial charge is 0.326 e. The number of amides is 7. The van der Waals surface area contributed by atoms with Gasteiger partial charge in [0.15, 0.2) is 0 Å². The Morgan fingerprint density at radius 3 is 2.16 bits per heavy atom. The number of benzene rings is 1. The zero-order chi connectivity index (χ0) is 42.7. The van der Waals surface area contributed by atoms with Gasteiger partial charge in [-0.1, -0.05) is 26.0 Å². The van der Waals surface area contributed by atoms with Gasteiger partial charge in [0.25, 0.3) is 0 Å². The van der Waals surface area contributed by atoms with Gasteiger partial charge in [0, 0.05) is 19.5 Å². The number of carboxylic acid groups (broad SMARTS) is 1. The van der Waals surface area contributed by atoms with E-state index in [0.717, 1.165) is 0 Å². The molecule has 7 atom stereocenters. The van der Waals surface area contributed by atoms with Crippen molar-refractivity contribution in [3.05, 3.63) is 29.8 Å². The van der Waals surface area contributed by atoms with Crippen LogP contribution in [0.4, 0.5) is 0 Å². The minimum Gasteiger partial charge on any atom is -0.508 e. The third-order valence-electron chi connectivity index (χ3n) is 9.17. The largest absolute Gasteiger partial charge is 0.508 e. The number of aliphatic hydroxyl groups excluding tert-OH is 1. The number of aliphatic hydroxyl groups is 1. The molecule has 57 heavy (non-hydrogen) atoms. The van der Waals surface area contributed by atoms with E-state index >= 15 is 0 Å². The molecule has 0 aliphatic carbocycles. The molecule has 318 valence electrons. The van der Waals surface area contributed by atoms with Crippen LogP contribution in [0.15, 0.2) is 24.3 Å². The van der Waals surface area contributed by atoms with Crippen LogP contribution in [-0.2, 0) is 44.8 Å². The fourth-order valence-corrected chi connectivity index (χ4v) is 5.82. The van der Waals surface area contributed by atoms with Gasteiger partial charge in [-0.15, -0.1) is 0 Å². The first-order chi connectivity index (χ1) is 26.9. The van der Waals surface area contributed by atoms with Crippen molar-refractivity contribution < 1.29 is 53.7 Å². The maximum Gasteiger partial charge on any atom is 0.326 e. The van der Waals surface area contributed by atoms with Crippen molar-refractivity contribution in [3.63, 3.8) is 0 Å². The molecule has 1 aliphatic heterocycles. The fourth-order valence-electron chi connectivity index (χ4n) is 5.82. The summed E-state index contributed by atoms with van der Waals surface area (Å²) in [7, 11) is 0. The van der Waals surface area contributed by atoms with Crippen LogP contribution >= 0.6 is 0 Å². The Kier molecular flexibility index (Phi) is 20.4. The summed E-state index contributed by atoms with van der Waals surface area (Å²) >= 11 is 0. The van der Waals surface area contributed by atoms with Gasteiger partial charge < -0.3 is 64.0 Å². The predicted molar refractivity (Wildman–Crippen MR) is 206 cm³/mol. The van der Waals surface area contributed by atoms with Gasteiger partial charge in [0.2, 0.25) is 41.4 Å². The molecule has 1 unspecified atom stereocenters. The lowest BCUT2D eigenvalue weighted by Crippen LogP contribution is -2.62. The highest BCUT2D eigenvalue weighted by Gasteiger charge is 2.35. The van der Waals surface area contributed by atoms with Gasteiger partial charge in [-0.25, -0.2) is 4.79 Å². The van der Waals surface area contributed by atoms with Gasteiger partial charge in [0.05, 0.1) is 18.6 Å². The average molecular weight is 806 g/mol. The van der Waals surface area contributed by atoms with E-state index in [0.29, 0.717) is 31.4 Å². The Morgan fingerprint density at radius 1 is 0.877 bits per heavy atom. The Bertz CT molecular complexity index is 1540. The van der Waals surface area contributed by atoms with E-state index in [1.807, 2.05) is 0 Å². The van der Waals surface area contributed by atoms with Crippen molar-refractivity contribution >= 4 is 47.3 Å². The zero-order valence-electron chi connectivity index (χ0n) is 32.7. The molecule has 20 nitrogen and oxygen atoms in total. The summed E-state index contributed by atoms with van der Waals surface area (Å²) in [5.74, 6) is -7.49. The van der Waals surface area contributed by atoms with E-state index in [4.69, 9.17) is 11.5 Å². The summed E-state index contributed by atoms with van der Waals surface area (Å²) in [4.78, 5) is 105. The topological polar surface area (TPSA) is 334 Å². The van der Waals surface area contributed by atoms with Crippen LogP contribution < -0.4 is 48.7 Å². The van der Waals surface area contributed by atoms with Crippen LogP contribution in [0.2, 0.25) is 0 Å². The maximum atomic E-state index is 13.8. The lowest BCUT2D eigenvalue weighted by Gasteiger charge is -2.28. The number of carboxylic acids is 1. The Labute approximate surface area is 331 Å². The summed E-state index contributed by atoms with van der Waals surface area (Å²) in [6.45, 7) is 4.67. The highest BCUT2D eigenvalue weighted by atomic mass is 16.4. The first-order valence-corrected chi connectivity index (χ1v) is 19.1. The van der Waals surface area contributed by atoms with E-state index in [9.17, 15) is 53.7 Å². The Hall–Kier alpha value is -5.34. The molecule has 1 saturated heterocycles. The molecular formula is C37H59N9O11. The van der Waals surface area contributed by atoms with Crippen molar-refractivity contribution in [2.45, 2.75) is 121 Å². The number of rotatable bonds is 15. The molecule has 0 spiro atoms. The lowest BCUT2D eigenvalue weighted by molar-refractivity contribution is -0.144. The number of carbonyl (C=O) groups is 8. The summed E-state index contributed by atoms with van der Waals surface area (Å²) in [6, 6.07) is -2.22. The van der Waals surface area contributed by atoms with Gasteiger partial charge in [-0.3, -0.25) is 33.6 Å². The number of carbonyl (C=O) groups excluding carboxylic acids is 7. The molecule has 7 amide bonds. The van der Waals surface area contributed by atoms with Crippen molar-refractivity contribution in [2.75, 3.05) is 19.6 Å². The molecule has 0 radical (unpaired) electrons. The monoisotopic (exact) mass is 805 g/mol. The third kappa shape index (κ3) is 17.1. The van der Waals surface area contributed by atoms with Crippen molar-refractivity contribution in [1.82, 2.24) is 37.2 Å². The fraction of sp³-hybridized carbons (Fsp3) is 0.622. The van der Waals surface area contributed by atoms with Gasteiger partial charge >= 0.3 is 5.97 Å². The number of phenolic OH excluding ortho intramolecular Hbond substituents is 1. The number of hydrogen-bond acceptors (Lipinski definition) is 12. The number of nitrogens with one attached hydrogen (secondary N) is 7. The van der Waals surface area contributed by atoms with E-state index in [1.54, 1.807) is 26.0 Å². The standard InChI is InChI=1S/C37H59N9O11/c1-20(2)30(37(56)57)45-35(54)27-19-29(50)41-17-14-28(49)40-16-7-5-9-26(34(53)46-31(21(3)47)36(55)44-27)43-33(52)25(8-4-6-15-38)42-32(51)24(39)18-22-10-12-23(48)13-11-22/h10-13,20-21,24-27,30-31,47-48H,4-9,14-19,38-39H2,1-3H3,(H,40,49)(H,41,50)(H,42,51)(H,43,52)(H,44,55)(H,45,54)(H,46,53)(H,56,57)/t21-,24-,25-,26-,27-,30-,31?/m0/s1. The SMILES string of the molecule is CC(C)[C@H](NC(=O)[C@@H]1CC(=O)NCCC(=O)NCCCC[C@H](NC(=O)[C@H](CCCCN)NC(=O)[C@@H](N)Cc2ccc(O)cc2)C(=O)NC([C@H](C)O)C(=O)N1)C(=O)O. The number of phenols is 1. The molecule has 1 aliphatic rings. The molecule has 1 aromatic rings. The number of nitrogens with two attached hydrogens (primary N) is 2. The normalized spacial score (nSPS) is 21.1. The van der Waals surface area contributed by atoms with Gasteiger partial charge in [0.1, 0.15) is 36.0 Å². The van der Waals surface area contributed by atoms with Crippen LogP contribution in [0, 0.1) is 5.92 Å². The second-order valence-electron chi connectivity index (χ2n) is 14.4. The highest BCUT2D eigenvalue weighted by Crippen LogP contribution is 2.12. The summed E-state index contributed by atoms with van der Waals surface area (Å²) in [5.41, 5.74) is 12.5. The molecular weight excluding hydrogens is 746 g/mol. The minimum absolute atomic E-state index is 0.00169. The molecule has 0 bridgehead atoms. The summed E-state index contributed by atoms with van der Waals surface area (Å²) in [5, 5.41) is 47.3. The van der Waals surface area contributed by atoms with Crippen LogP contribution in [0.1, 0.15) is 77.7 Å². The third-order valence-corrected chi connectivity index (χ3v) is 9.17. The zero-order valence-corrected chi connectivity index (χ0v) is 32.7. The van der Waals surface area contributed by atoms with Crippen molar-refractivity contribution in [1.29, 1.82) is 0 Å². The lowest BCUT2D eigenvalue weighted by atomic mass is 10.0. The van der Waals surface area contributed by atoms with Gasteiger partial charge in [-0.05, 0) is 82.0 Å². The molecule has 14 N–H and O–H groups in total. The quantitative estimate of drug-likeness (QED) is 0.0795. The van der Waals surface area contributed by atoms with Crippen LogP contribution in [0.25, 0.3) is 0 Å². The molecule has 1 heterocycles. The van der Waals surface area contributed by atoms with Gasteiger partial charge in [-0.2, -0.15) is 0 Å². The first kappa shape index (κ1) is 47.8. The number of aliphatic carboxylic acids is 1. The molecule has 2 rings (SSSR count).